The zero-order valence-corrected chi connectivity index (χ0v) is 8.45. The smallest absolute Gasteiger partial charge is 0.157 e. The molecule has 0 spiro atoms. The van der Waals surface area contributed by atoms with Gasteiger partial charge in [0, 0.05) is 13.6 Å². The molecule has 0 aliphatic carbocycles. The van der Waals surface area contributed by atoms with Crippen molar-refractivity contribution in [3.63, 3.8) is 0 Å². The second-order valence-corrected chi connectivity index (χ2v) is 3.09. The summed E-state index contributed by atoms with van der Waals surface area (Å²) in [6.45, 7) is 5.96. The first-order chi connectivity index (χ1) is 6.22. The third kappa shape index (κ3) is 3.46. The molecule has 0 bridgehead atoms. The Balaban J connectivity index is 2.31. The molecule has 1 aromatic rings. The van der Waals surface area contributed by atoms with Crippen LogP contribution in [-0.2, 0) is 7.05 Å². The number of likely N-dealkylation sites (N-methyl/N-ethyl adjacent to an activating group) is 1. The van der Waals surface area contributed by atoms with Crippen molar-refractivity contribution in [2.75, 3.05) is 13.1 Å². The maximum absolute atomic E-state index is 5.59. The Hall–Kier alpha value is -1.03. The van der Waals surface area contributed by atoms with Crippen LogP contribution in [0.15, 0.2) is 12.4 Å². The SMILES string of the molecule is CCNCC(C)Oc1cnn(C)c1. The predicted octanol–water partition coefficient (Wildman–Crippen LogP) is 0.797. The number of nitrogens with one attached hydrogen (secondary N) is 1. The van der Waals surface area contributed by atoms with E-state index < -0.39 is 0 Å². The third-order valence-corrected chi connectivity index (χ3v) is 1.70. The Bertz CT molecular complexity index is 247. The first-order valence-electron chi connectivity index (χ1n) is 4.58. The van der Waals surface area contributed by atoms with Crippen LogP contribution in [0.5, 0.6) is 5.75 Å². The minimum absolute atomic E-state index is 0.184. The lowest BCUT2D eigenvalue weighted by molar-refractivity contribution is 0.218. The Labute approximate surface area is 78.9 Å². The van der Waals surface area contributed by atoms with Gasteiger partial charge in [-0.1, -0.05) is 6.92 Å². The van der Waals surface area contributed by atoms with Crippen LogP contribution in [-0.4, -0.2) is 29.0 Å². The first kappa shape index (κ1) is 10.1. The summed E-state index contributed by atoms with van der Waals surface area (Å²) in [4.78, 5) is 0. The highest BCUT2D eigenvalue weighted by atomic mass is 16.5. The van der Waals surface area contributed by atoms with Gasteiger partial charge in [-0.05, 0) is 13.5 Å². The van der Waals surface area contributed by atoms with Gasteiger partial charge in [-0.2, -0.15) is 5.10 Å². The summed E-state index contributed by atoms with van der Waals surface area (Å²) < 4.78 is 7.32. The van der Waals surface area contributed by atoms with Gasteiger partial charge in [-0.3, -0.25) is 4.68 Å². The number of aryl methyl sites for hydroxylation is 1. The van der Waals surface area contributed by atoms with Gasteiger partial charge >= 0.3 is 0 Å². The van der Waals surface area contributed by atoms with Crippen LogP contribution in [0.1, 0.15) is 13.8 Å². The maximum atomic E-state index is 5.59. The molecular formula is C9H17N3O. The Kier molecular flexibility index (Phi) is 3.76. The van der Waals surface area contributed by atoms with E-state index in [1.165, 1.54) is 0 Å². The molecule has 0 aliphatic rings. The molecule has 0 fully saturated rings. The molecule has 1 aromatic heterocycles. The molecule has 0 saturated heterocycles. The summed E-state index contributed by atoms with van der Waals surface area (Å²) in [5.41, 5.74) is 0. The van der Waals surface area contributed by atoms with Gasteiger partial charge in [0.15, 0.2) is 5.75 Å². The monoisotopic (exact) mass is 183 g/mol. The standard InChI is InChI=1S/C9H17N3O/c1-4-10-5-8(2)13-9-6-11-12(3)7-9/h6-8,10H,4-5H2,1-3H3. The van der Waals surface area contributed by atoms with Crippen LogP contribution < -0.4 is 10.1 Å². The third-order valence-electron chi connectivity index (χ3n) is 1.70. The molecule has 74 valence electrons. The number of aromatic nitrogens is 2. The van der Waals surface area contributed by atoms with Gasteiger partial charge in [-0.15, -0.1) is 0 Å². The van der Waals surface area contributed by atoms with Crippen molar-refractivity contribution < 1.29 is 4.74 Å². The van der Waals surface area contributed by atoms with Crippen LogP contribution in [0.2, 0.25) is 0 Å². The molecular weight excluding hydrogens is 166 g/mol. The number of hydrogen-bond donors (Lipinski definition) is 1. The molecule has 0 radical (unpaired) electrons. The number of rotatable bonds is 5. The molecule has 0 amide bonds. The average Bonchev–Trinajstić information content (AvgIpc) is 2.48. The van der Waals surface area contributed by atoms with E-state index in [1.807, 2.05) is 20.2 Å². The van der Waals surface area contributed by atoms with Gasteiger partial charge in [-0.25, -0.2) is 0 Å². The van der Waals surface area contributed by atoms with E-state index in [0.29, 0.717) is 0 Å². The summed E-state index contributed by atoms with van der Waals surface area (Å²) in [5.74, 6) is 0.827. The van der Waals surface area contributed by atoms with Crippen molar-refractivity contribution in [3.05, 3.63) is 12.4 Å². The highest BCUT2D eigenvalue weighted by Crippen LogP contribution is 2.08. The van der Waals surface area contributed by atoms with E-state index in [1.54, 1.807) is 10.9 Å². The van der Waals surface area contributed by atoms with Crippen molar-refractivity contribution in [3.8, 4) is 5.75 Å². The number of nitrogens with zero attached hydrogens (tertiary/aromatic N) is 2. The fourth-order valence-electron chi connectivity index (χ4n) is 1.08. The summed E-state index contributed by atoms with van der Waals surface area (Å²) in [6.07, 6.45) is 3.77. The van der Waals surface area contributed by atoms with Crippen LogP contribution in [0, 0.1) is 0 Å². The quantitative estimate of drug-likeness (QED) is 0.733. The molecule has 1 N–H and O–H groups in total. The van der Waals surface area contributed by atoms with E-state index in [4.69, 9.17) is 4.74 Å². The zero-order valence-electron chi connectivity index (χ0n) is 8.45. The summed E-state index contributed by atoms with van der Waals surface area (Å²) in [7, 11) is 1.88. The molecule has 13 heavy (non-hydrogen) atoms. The maximum Gasteiger partial charge on any atom is 0.157 e. The van der Waals surface area contributed by atoms with Gasteiger partial charge in [0.2, 0.25) is 0 Å². The van der Waals surface area contributed by atoms with E-state index in [2.05, 4.69) is 17.3 Å². The summed E-state index contributed by atoms with van der Waals surface area (Å²) in [5, 5.41) is 7.24. The zero-order chi connectivity index (χ0) is 9.68. The fourth-order valence-corrected chi connectivity index (χ4v) is 1.08. The van der Waals surface area contributed by atoms with E-state index in [0.717, 1.165) is 18.8 Å². The van der Waals surface area contributed by atoms with Crippen LogP contribution in [0.4, 0.5) is 0 Å². The van der Waals surface area contributed by atoms with Crippen LogP contribution in [0.3, 0.4) is 0 Å². The van der Waals surface area contributed by atoms with E-state index in [9.17, 15) is 0 Å². The number of ether oxygens (including phenoxy) is 1. The fraction of sp³-hybridized carbons (Fsp3) is 0.667. The van der Waals surface area contributed by atoms with Crippen molar-refractivity contribution in [2.24, 2.45) is 7.05 Å². The molecule has 4 heteroatoms. The Morgan fingerprint density at radius 2 is 2.46 bits per heavy atom. The molecule has 0 aliphatic heterocycles. The highest BCUT2D eigenvalue weighted by molar-refractivity contribution is 5.11. The van der Waals surface area contributed by atoms with Crippen LogP contribution >= 0.6 is 0 Å². The molecule has 1 unspecified atom stereocenters. The second kappa shape index (κ2) is 4.87. The number of hydrogen-bond acceptors (Lipinski definition) is 3. The largest absolute Gasteiger partial charge is 0.486 e. The van der Waals surface area contributed by atoms with Gasteiger partial charge < -0.3 is 10.1 Å². The molecule has 4 nitrogen and oxygen atoms in total. The lowest BCUT2D eigenvalue weighted by atomic mass is 10.4. The van der Waals surface area contributed by atoms with Crippen LogP contribution in [0.25, 0.3) is 0 Å². The Morgan fingerprint density at radius 1 is 1.69 bits per heavy atom. The summed E-state index contributed by atoms with van der Waals surface area (Å²) >= 11 is 0. The molecule has 0 aromatic carbocycles. The molecule has 0 saturated carbocycles. The normalized spacial score (nSPS) is 12.8. The first-order valence-corrected chi connectivity index (χ1v) is 4.58. The van der Waals surface area contributed by atoms with Gasteiger partial charge in [0.25, 0.3) is 0 Å². The van der Waals surface area contributed by atoms with Crippen molar-refractivity contribution in [1.29, 1.82) is 0 Å². The Morgan fingerprint density at radius 3 is 3.00 bits per heavy atom. The van der Waals surface area contributed by atoms with Gasteiger partial charge in [0.1, 0.15) is 6.10 Å². The molecule has 1 heterocycles. The minimum atomic E-state index is 0.184. The van der Waals surface area contributed by atoms with Gasteiger partial charge in [0.05, 0.1) is 12.4 Å². The van der Waals surface area contributed by atoms with Crippen molar-refractivity contribution in [2.45, 2.75) is 20.0 Å². The molecule has 1 atom stereocenters. The van der Waals surface area contributed by atoms with E-state index in [-0.39, 0.29) is 6.10 Å². The molecule has 1 rings (SSSR count). The minimum Gasteiger partial charge on any atom is -0.486 e. The van der Waals surface area contributed by atoms with E-state index >= 15 is 0 Å². The summed E-state index contributed by atoms with van der Waals surface area (Å²) in [6, 6.07) is 0. The topological polar surface area (TPSA) is 39.1 Å². The predicted molar refractivity (Wildman–Crippen MR) is 51.8 cm³/mol. The average molecular weight is 183 g/mol. The van der Waals surface area contributed by atoms with Crippen molar-refractivity contribution in [1.82, 2.24) is 15.1 Å². The second-order valence-electron chi connectivity index (χ2n) is 3.09. The lowest BCUT2D eigenvalue weighted by Crippen LogP contribution is -2.28. The van der Waals surface area contributed by atoms with Crippen molar-refractivity contribution >= 4 is 0 Å². The lowest BCUT2D eigenvalue weighted by Gasteiger charge is -2.12. The highest BCUT2D eigenvalue weighted by Gasteiger charge is 2.03.